The van der Waals surface area contributed by atoms with Crippen LogP contribution in [0.1, 0.15) is 10.6 Å². The Hall–Kier alpha value is -2.24. The van der Waals surface area contributed by atoms with Crippen LogP contribution in [0.2, 0.25) is 5.02 Å². The van der Waals surface area contributed by atoms with Gasteiger partial charge in [-0.15, -0.1) is 11.3 Å². The summed E-state index contributed by atoms with van der Waals surface area (Å²) >= 11 is 7.33. The van der Waals surface area contributed by atoms with E-state index in [1.807, 2.05) is 36.4 Å². The second-order valence-corrected chi connectivity index (χ2v) is 5.84. The maximum atomic E-state index is 10.7. The molecule has 0 saturated carbocycles. The van der Waals surface area contributed by atoms with E-state index in [-0.39, 0.29) is 5.69 Å². The number of nitro groups is 1. The highest BCUT2D eigenvalue weighted by molar-refractivity contribution is 7.19. The molecule has 0 N–H and O–H groups in total. The first-order chi connectivity index (χ1) is 10.1. The van der Waals surface area contributed by atoms with Crippen LogP contribution < -0.4 is 0 Å². The summed E-state index contributed by atoms with van der Waals surface area (Å²) in [5, 5.41) is 12.2. The minimum absolute atomic E-state index is 0.0565. The van der Waals surface area contributed by atoms with E-state index in [2.05, 4.69) is 4.98 Å². The van der Waals surface area contributed by atoms with Crippen molar-refractivity contribution < 1.29 is 4.92 Å². The van der Waals surface area contributed by atoms with E-state index in [1.54, 1.807) is 6.07 Å². The highest BCUT2D eigenvalue weighted by Gasteiger charge is 2.09. The van der Waals surface area contributed by atoms with Crippen LogP contribution in [0.25, 0.3) is 22.4 Å². The van der Waals surface area contributed by atoms with Gasteiger partial charge in [-0.1, -0.05) is 29.8 Å². The number of aromatic nitrogens is 1. The number of benzene rings is 2. The van der Waals surface area contributed by atoms with Crippen molar-refractivity contribution in [1.82, 2.24) is 4.98 Å². The van der Waals surface area contributed by atoms with Gasteiger partial charge in [-0.3, -0.25) is 10.1 Å². The molecule has 0 amide bonds. The van der Waals surface area contributed by atoms with Crippen molar-refractivity contribution in [2.75, 3.05) is 0 Å². The summed E-state index contributed by atoms with van der Waals surface area (Å²) < 4.78 is 0.927. The summed E-state index contributed by atoms with van der Waals surface area (Å²) in [6.45, 7) is 0. The summed E-state index contributed by atoms with van der Waals surface area (Å²) in [7, 11) is 0. The number of hydrogen-bond donors (Lipinski definition) is 0. The Labute approximate surface area is 129 Å². The first-order valence-corrected chi connectivity index (χ1v) is 7.30. The lowest BCUT2D eigenvalue weighted by molar-refractivity contribution is -0.384. The second kappa shape index (κ2) is 5.63. The van der Waals surface area contributed by atoms with Crippen molar-refractivity contribution >= 4 is 51.0 Å². The molecule has 21 heavy (non-hydrogen) atoms. The smallest absolute Gasteiger partial charge is 0.258 e. The second-order valence-electron chi connectivity index (χ2n) is 4.35. The van der Waals surface area contributed by atoms with Crippen molar-refractivity contribution in [3.63, 3.8) is 0 Å². The fourth-order valence-corrected chi connectivity index (χ4v) is 2.84. The number of fused-ring (bicyclic) bond motifs is 1. The molecule has 6 heteroatoms. The normalized spacial score (nSPS) is 11.3. The van der Waals surface area contributed by atoms with E-state index in [4.69, 9.17) is 11.6 Å². The van der Waals surface area contributed by atoms with E-state index in [1.165, 1.54) is 23.5 Å². The number of halogens is 1. The zero-order chi connectivity index (χ0) is 14.8. The van der Waals surface area contributed by atoms with Gasteiger partial charge >= 0.3 is 0 Å². The lowest BCUT2D eigenvalue weighted by atomic mass is 10.2. The van der Waals surface area contributed by atoms with Gasteiger partial charge in [0.15, 0.2) is 0 Å². The summed E-state index contributed by atoms with van der Waals surface area (Å²) in [6.07, 6.45) is 3.82. The van der Waals surface area contributed by atoms with Crippen molar-refractivity contribution in [1.29, 1.82) is 0 Å². The minimum atomic E-state index is -0.415. The predicted molar refractivity (Wildman–Crippen MR) is 86.7 cm³/mol. The Kier molecular flexibility index (Phi) is 3.68. The van der Waals surface area contributed by atoms with Gasteiger partial charge in [0.25, 0.3) is 5.69 Å². The zero-order valence-electron chi connectivity index (χ0n) is 10.7. The van der Waals surface area contributed by atoms with Gasteiger partial charge in [0, 0.05) is 17.2 Å². The monoisotopic (exact) mass is 316 g/mol. The quantitative estimate of drug-likeness (QED) is 0.503. The standard InChI is InChI=1S/C15H9ClN2O2S/c16-11-4-1-10(2-5-11)3-8-15-17-13-9-12(18(19)20)6-7-14(13)21-15/h1-9H. The summed E-state index contributed by atoms with van der Waals surface area (Å²) in [4.78, 5) is 14.7. The van der Waals surface area contributed by atoms with Crippen LogP contribution in [0.15, 0.2) is 42.5 Å². The van der Waals surface area contributed by atoms with Crippen molar-refractivity contribution in [2.24, 2.45) is 0 Å². The summed E-state index contributed by atoms with van der Waals surface area (Å²) in [5.74, 6) is 0. The molecule has 0 aliphatic heterocycles. The van der Waals surface area contributed by atoms with Crippen molar-refractivity contribution in [2.45, 2.75) is 0 Å². The lowest BCUT2D eigenvalue weighted by Crippen LogP contribution is -1.86. The number of non-ortho nitro benzene ring substituents is 1. The average Bonchev–Trinajstić information content (AvgIpc) is 2.88. The zero-order valence-corrected chi connectivity index (χ0v) is 12.3. The van der Waals surface area contributed by atoms with Gasteiger partial charge in [0.05, 0.1) is 15.1 Å². The van der Waals surface area contributed by atoms with Crippen LogP contribution in [-0.4, -0.2) is 9.91 Å². The fourth-order valence-electron chi connectivity index (χ4n) is 1.86. The molecule has 0 bridgehead atoms. The van der Waals surface area contributed by atoms with Crippen LogP contribution in [-0.2, 0) is 0 Å². The molecule has 0 fully saturated rings. The number of rotatable bonds is 3. The Balaban J connectivity index is 1.90. The maximum Gasteiger partial charge on any atom is 0.271 e. The molecular formula is C15H9ClN2O2S. The molecule has 0 aliphatic carbocycles. The molecule has 0 saturated heterocycles. The predicted octanol–water partition coefficient (Wildman–Crippen LogP) is 5.03. The summed E-state index contributed by atoms with van der Waals surface area (Å²) in [6, 6.07) is 12.2. The molecule has 0 radical (unpaired) electrons. The highest BCUT2D eigenvalue weighted by Crippen LogP contribution is 2.27. The molecule has 1 aromatic heterocycles. The van der Waals surface area contributed by atoms with Gasteiger partial charge in [0.1, 0.15) is 5.01 Å². The Morgan fingerprint density at radius 2 is 1.90 bits per heavy atom. The highest BCUT2D eigenvalue weighted by atomic mass is 35.5. The third-order valence-electron chi connectivity index (χ3n) is 2.89. The molecule has 4 nitrogen and oxygen atoms in total. The number of hydrogen-bond acceptors (Lipinski definition) is 4. The van der Waals surface area contributed by atoms with Crippen LogP contribution in [0.4, 0.5) is 5.69 Å². The number of nitrogens with zero attached hydrogens (tertiary/aromatic N) is 2. The molecule has 2 aromatic carbocycles. The van der Waals surface area contributed by atoms with Gasteiger partial charge in [-0.25, -0.2) is 4.98 Å². The molecule has 0 aliphatic rings. The van der Waals surface area contributed by atoms with E-state index in [0.717, 1.165) is 15.3 Å². The molecule has 1 heterocycles. The fraction of sp³-hybridized carbons (Fsp3) is 0. The van der Waals surface area contributed by atoms with Crippen LogP contribution in [0, 0.1) is 10.1 Å². The van der Waals surface area contributed by atoms with Crippen LogP contribution in [0.3, 0.4) is 0 Å². The molecule has 0 spiro atoms. The first kappa shape index (κ1) is 13.7. The topological polar surface area (TPSA) is 56.0 Å². The van der Waals surface area contributed by atoms with Crippen LogP contribution >= 0.6 is 22.9 Å². The Morgan fingerprint density at radius 1 is 1.14 bits per heavy atom. The molecule has 104 valence electrons. The Morgan fingerprint density at radius 3 is 2.62 bits per heavy atom. The maximum absolute atomic E-state index is 10.7. The Bertz CT molecular complexity index is 841. The molecule has 0 atom stereocenters. The number of thiazole rings is 1. The number of nitro benzene ring substituents is 1. The van der Waals surface area contributed by atoms with E-state index < -0.39 is 4.92 Å². The first-order valence-electron chi connectivity index (χ1n) is 6.10. The van der Waals surface area contributed by atoms with Gasteiger partial charge in [-0.2, -0.15) is 0 Å². The third kappa shape index (κ3) is 3.09. The SMILES string of the molecule is O=[N+]([O-])c1ccc2sc(C=Cc3ccc(Cl)cc3)nc2c1. The van der Waals surface area contributed by atoms with Crippen LogP contribution in [0.5, 0.6) is 0 Å². The van der Waals surface area contributed by atoms with Crippen molar-refractivity contribution in [3.8, 4) is 0 Å². The minimum Gasteiger partial charge on any atom is -0.258 e. The summed E-state index contributed by atoms with van der Waals surface area (Å²) in [5.41, 5.74) is 1.72. The molecule has 0 unspecified atom stereocenters. The average molecular weight is 317 g/mol. The van der Waals surface area contributed by atoms with Gasteiger partial charge in [0.2, 0.25) is 0 Å². The lowest BCUT2D eigenvalue weighted by Gasteiger charge is -1.92. The molecule has 3 rings (SSSR count). The van der Waals surface area contributed by atoms with Crippen molar-refractivity contribution in [3.05, 3.63) is 68.2 Å². The van der Waals surface area contributed by atoms with E-state index in [9.17, 15) is 10.1 Å². The molecular weight excluding hydrogens is 308 g/mol. The third-order valence-corrected chi connectivity index (χ3v) is 4.14. The van der Waals surface area contributed by atoms with Gasteiger partial charge in [-0.05, 0) is 29.8 Å². The van der Waals surface area contributed by atoms with E-state index >= 15 is 0 Å². The molecule has 3 aromatic rings. The van der Waals surface area contributed by atoms with Gasteiger partial charge < -0.3 is 0 Å². The largest absolute Gasteiger partial charge is 0.271 e. The van der Waals surface area contributed by atoms with E-state index in [0.29, 0.717) is 10.5 Å².